The van der Waals surface area contributed by atoms with Gasteiger partial charge in [0.1, 0.15) is 0 Å². The van der Waals surface area contributed by atoms with Gasteiger partial charge in [0, 0.05) is 0 Å². The molecule has 1 heterocycles. The summed E-state index contributed by atoms with van der Waals surface area (Å²) in [7, 11) is -4.04. The highest BCUT2D eigenvalue weighted by atomic mass is 32.2. The van der Waals surface area contributed by atoms with Gasteiger partial charge in [0.2, 0.25) is 0 Å². The first-order chi connectivity index (χ1) is 11.3. The van der Waals surface area contributed by atoms with Gasteiger partial charge in [0.25, 0.3) is 10.0 Å². The summed E-state index contributed by atoms with van der Waals surface area (Å²) in [6.45, 7) is 0. The number of sulfonamides is 1. The molecule has 0 amide bonds. The third-order valence-electron chi connectivity index (χ3n) is 3.63. The molecule has 1 aliphatic rings. The van der Waals surface area contributed by atoms with E-state index >= 15 is 0 Å². The molecule has 0 aliphatic heterocycles. The molecule has 0 atom stereocenters. The van der Waals surface area contributed by atoms with E-state index in [4.69, 9.17) is 0 Å². The molecule has 0 saturated heterocycles. The van der Waals surface area contributed by atoms with Crippen LogP contribution in [0.4, 0.5) is 13.2 Å². The molecule has 0 bridgehead atoms. The number of hydrogen-bond donors (Lipinski definition) is 1. The first kappa shape index (κ1) is 16.6. The van der Waals surface area contributed by atoms with E-state index in [-0.39, 0.29) is 10.6 Å². The van der Waals surface area contributed by atoms with Crippen LogP contribution in [0.1, 0.15) is 30.7 Å². The van der Waals surface area contributed by atoms with E-state index in [0.29, 0.717) is 16.8 Å². The van der Waals surface area contributed by atoms with E-state index in [1.54, 1.807) is 12.1 Å². The average Bonchev–Trinajstić information content (AvgIpc) is 3.16. The Hall–Kier alpha value is -2.29. The summed E-state index contributed by atoms with van der Waals surface area (Å²) in [6.07, 6.45) is -0.724. The van der Waals surface area contributed by atoms with Gasteiger partial charge in [-0.05, 0) is 43.0 Å². The van der Waals surface area contributed by atoms with Gasteiger partial charge in [0.15, 0.2) is 5.69 Å². The fourth-order valence-corrected chi connectivity index (χ4v) is 3.48. The van der Waals surface area contributed by atoms with Crippen molar-refractivity contribution in [3.05, 3.63) is 53.9 Å². The van der Waals surface area contributed by atoms with Gasteiger partial charge in [-0.25, -0.2) is 0 Å². The summed E-state index contributed by atoms with van der Waals surface area (Å²) in [4.78, 5) is 2.75. The standard InChI is InChI=1S/C15H14F3N3O2S/c16-15(17,18)14-10-13(11-6-4-5-7-11)21(19-14)20-24(22,23)12-8-2-1-3-9-12/h1-3,6,8-10,20H,4-5,7H2. The predicted octanol–water partition coefficient (Wildman–Crippen LogP) is 3.40. The van der Waals surface area contributed by atoms with Crippen LogP contribution in [0.25, 0.3) is 5.57 Å². The Morgan fingerprint density at radius 2 is 1.88 bits per heavy atom. The molecular formula is C15H14F3N3O2S. The maximum Gasteiger partial charge on any atom is 0.435 e. The molecule has 5 nitrogen and oxygen atoms in total. The largest absolute Gasteiger partial charge is 0.435 e. The third kappa shape index (κ3) is 3.30. The maximum absolute atomic E-state index is 13.0. The first-order valence-electron chi connectivity index (χ1n) is 7.22. The monoisotopic (exact) mass is 357 g/mol. The topological polar surface area (TPSA) is 64.0 Å². The normalized spacial score (nSPS) is 15.4. The molecular weight excluding hydrogens is 343 g/mol. The smallest absolute Gasteiger partial charge is 0.200 e. The molecule has 0 radical (unpaired) electrons. The fourth-order valence-electron chi connectivity index (χ4n) is 2.49. The zero-order valence-corrected chi connectivity index (χ0v) is 13.2. The lowest BCUT2D eigenvalue weighted by molar-refractivity contribution is -0.141. The van der Waals surface area contributed by atoms with Gasteiger partial charge in [-0.1, -0.05) is 24.3 Å². The number of nitrogens with zero attached hydrogens (tertiary/aromatic N) is 2. The Kier molecular flexibility index (Phi) is 4.12. The zero-order chi connectivity index (χ0) is 17.4. The molecule has 0 unspecified atom stereocenters. The minimum Gasteiger partial charge on any atom is -0.200 e. The summed E-state index contributed by atoms with van der Waals surface area (Å²) in [6, 6.07) is 8.27. The molecule has 9 heteroatoms. The lowest BCUT2D eigenvalue weighted by Gasteiger charge is -2.11. The fraction of sp³-hybridized carbons (Fsp3) is 0.267. The average molecular weight is 357 g/mol. The number of rotatable bonds is 4. The summed E-state index contributed by atoms with van der Waals surface area (Å²) in [5.74, 6) is 0. The minimum atomic E-state index is -4.66. The van der Waals surface area contributed by atoms with Crippen LogP contribution in [0.2, 0.25) is 0 Å². The zero-order valence-electron chi connectivity index (χ0n) is 12.4. The maximum atomic E-state index is 13.0. The number of nitrogens with one attached hydrogen (secondary N) is 1. The summed E-state index contributed by atoms with van der Waals surface area (Å²) < 4.78 is 63.6. The second-order valence-electron chi connectivity index (χ2n) is 5.35. The lowest BCUT2D eigenvalue weighted by atomic mass is 10.1. The van der Waals surface area contributed by atoms with Crippen LogP contribution in [0, 0.1) is 0 Å². The molecule has 0 fully saturated rings. The second kappa shape index (κ2) is 5.97. The van der Waals surface area contributed by atoms with Crippen molar-refractivity contribution in [2.24, 2.45) is 0 Å². The van der Waals surface area contributed by atoms with Gasteiger partial charge in [-0.2, -0.15) is 31.2 Å². The predicted molar refractivity (Wildman–Crippen MR) is 82.0 cm³/mol. The molecule has 24 heavy (non-hydrogen) atoms. The molecule has 1 aromatic heterocycles. The van der Waals surface area contributed by atoms with E-state index in [9.17, 15) is 21.6 Å². The van der Waals surface area contributed by atoms with Crippen LogP contribution >= 0.6 is 0 Å². The SMILES string of the molecule is O=S(=O)(Nn1nc(C(F)(F)F)cc1C1=CCCC1)c1ccccc1. The number of aromatic nitrogens is 2. The highest BCUT2D eigenvalue weighted by Crippen LogP contribution is 2.33. The number of hydrogen-bond acceptors (Lipinski definition) is 3. The lowest BCUT2D eigenvalue weighted by Crippen LogP contribution is -2.26. The van der Waals surface area contributed by atoms with E-state index < -0.39 is 21.9 Å². The van der Waals surface area contributed by atoms with Crippen LogP contribution in [0.5, 0.6) is 0 Å². The number of benzene rings is 1. The quantitative estimate of drug-likeness (QED) is 0.912. The van der Waals surface area contributed by atoms with Crippen molar-refractivity contribution in [1.29, 1.82) is 0 Å². The highest BCUT2D eigenvalue weighted by molar-refractivity contribution is 7.92. The van der Waals surface area contributed by atoms with E-state index in [2.05, 4.69) is 9.93 Å². The van der Waals surface area contributed by atoms with Gasteiger partial charge in [-0.15, -0.1) is 5.10 Å². The first-order valence-corrected chi connectivity index (χ1v) is 8.70. The summed E-state index contributed by atoms with van der Waals surface area (Å²) >= 11 is 0. The molecule has 1 N–H and O–H groups in total. The van der Waals surface area contributed by atoms with Crippen molar-refractivity contribution < 1.29 is 21.6 Å². The molecule has 1 aliphatic carbocycles. The summed E-state index contributed by atoms with van der Waals surface area (Å²) in [5, 5.41) is 3.40. The van der Waals surface area contributed by atoms with Crippen molar-refractivity contribution in [2.45, 2.75) is 30.3 Å². The number of allylic oxidation sites excluding steroid dienone is 2. The van der Waals surface area contributed by atoms with Crippen LogP contribution in [0.15, 0.2) is 47.4 Å². The van der Waals surface area contributed by atoms with Crippen molar-refractivity contribution in [1.82, 2.24) is 9.89 Å². The Bertz CT molecular complexity index is 871. The molecule has 0 saturated carbocycles. The van der Waals surface area contributed by atoms with Crippen molar-refractivity contribution in [3.63, 3.8) is 0 Å². The van der Waals surface area contributed by atoms with Crippen LogP contribution < -0.4 is 4.83 Å². The molecule has 2 aromatic rings. The van der Waals surface area contributed by atoms with Crippen molar-refractivity contribution in [3.8, 4) is 0 Å². The Morgan fingerprint density at radius 1 is 1.17 bits per heavy atom. The molecule has 128 valence electrons. The van der Waals surface area contributed by atoms with Gasteiger partial charge in [-0.3, -0.25) is 0 Å². The van der Waals surface area contributed by atoms with E-state index in [1.165, 1.54) is 24.3 Å². The van der Waals surface area contributed by atoms with Crippen molar-refractivity contribution >= 4 is 15.6 Å². The molecule has 1 aromatic carbocycles. The van der Waals surface area contributed by atoms with E-state index in [1.807, 2.05) is 0 Å². The van der Waals surface area contributed by atoms with Gasteiger partial charge in [0.05, 0.1) is 10.6 Å². The Labute approximate surface area is 136 Å². The van der Waals surface area contributed by atoms with Gasteiger partial charge < -0.3 is 0 Å². The summed E-state index contributed by atoms with van der Waals surface area (Å²) in [5.41, 5.74) is -0.380. The Balaban J connectivity index is 2.02. The third-order valence-corrected chi connectivity index (χ3v) is 4.94. The number of halogens is 3. The molecule has 3 rings (SSSR count). The van der Waals surface area contributed by atoms with Crippen LogP contribution in [-0.4, -0.2) is 18.3 Å². The van der Waals surface area contributed by atoms with Gasteiger partial charge >= 0.3 is 6.18 Å². The highest BCUT2D eigenvalue weighted by Gasteiger charge is 2.36. The number of alkyl halides is 3. The van der Waals surface area contributed by atoms with Crippen LogP contribution in [-0.2, 0) is 16.2 Å². The van der Waals surface area contributed by atoms with Crippen molar-refractivity contribution in [2.75, 3.05) is 4.83 Å². The Morgan fingerprint density at radius 3 is 2.46 bits per heavy atom. The van der Waals surface area contributed by atoms with E-state index in [0.717, 1.165) is 18.9 Å². The van der Waals surface area contributed by atoms with Crippen LogP contribution in [0.3, 0.4) is 0 Å². The minimum absolute atomic E-state index is 0.0552. The second-order valence-corrected chi connectivity index (χ2v) is 7.01. The molecule has 0 spiro atoms.